The smallest absolute Gasteiger partial charge is 0.319 e. The summed E-state index contributed by atoms with van der Waals surface area (Å²) in [4.78, 5) is 11.9. The van der Waals surface area contributed by atoms with Gasteiger partial charge in [-0.2, -0.15) is 0 Å². The zero-order valence-corrected chi connectivity index (χ0v) is 14.7. The second kappa shape index (κ2) is 9.37. The molecule has 0 aliphatic rings. The van der Waals surface area contributed by atoms with Crippen LogP contribution in [0.5, 0.6) is 5.75 Å². The van der Waals surface area contributed by atoms with Crippen LogP contribution in [0.2, 0.25) is 10.0 Å². The molecule has 0 aromatic heterocycles. The molecule has 0 heterocycles. The van der Waals surface area contributed by atoms with E-state index in [1.165, 1.54) is 0 Å². The van der Waals surface area contributed by atoms with Gasteiger partial charge >= 0.3 is 6.03 Å². The van der Waals surface area contributed by atoms with Gasteiger partial charge in [0.2, 0.25) is 0 Å². The minimum absolute atomic E-state index is 0.361. The predicted molar refractivity (Wildman–Crippen MR) is 96.1 cm³/mol. The molecule has 0 bridgehead atoms. The number of benzene rings is 2. The van der Waals surface area contributed by atoms with Crippen LogP contribution < -0.4 is 15.4 Å². The number of hydrogen-bond acceptors (Lipinski definition) is 3. The van der Waals surface area contributed by atoms with Gasteiger partial charge in [0.15, 0.2) is 0 Å². The number of nitrogens with one attached hydrogen (secondary N) is 2. The normalized spacial score (nSPS) is 10.3. The van der Waals surface area contributed by atoms with Gasteiger partial charge in [0, 0.05) is 18.7 Å². The van der Waals surface area contributed by atoms with Gasteiger partial charge in [-0.05, 0) is 35.9 Å². The first-order valence-electron chi connectivity index (χ1n) is 7.29. The van der Waals surface area contributed by atoms with Crippen molar-refractivity contribution in [2.24, 2.45) is 0 Å². The van der Waals surface area contributed by atoms with Gasteiger partial charge < -0.3 is 20.1 Å². The summed E-state index contributed by atoms with van der Waals surface area (Å²) >= 11 is 11.9. The van der Waals surface area contributed by atoms with Crippen LogP contribution in [0.1, 0.15) is 5.56 Å². The predicted octanol–water partition coefficient (Wildman–Crippen LogP) is 4.34. The molecule has 2 aromatic carbocycles. The fourth-order valence-electron chi connectivity index (χ4n) is 1.89. The van der Waals surface area contributed by atoms with E-state index < -0.39 is 0 Å². The maximum Gasteiger partial charge on any atom is 0.319 e. The Balaban J connectivity index is 1.82. The lowest BCUT2D eigenvalue weighted by Gasteiger charge is -2.10. The van der Waals surface area contributed by atoms with Gasteiger partial charge in [-0.25, -0.2) is 4.79 Å². The molecule has 0 atom stereocenters. The number of carbonyl (C=O) groups is 1. The van der Waals surface area contributed by atoms with Crippen molar-refractivity contribution >= 4 is 34.9 Å². The molecule has 7 heteroatoms. The minimum Gasteiger partial charge on any atom is -0.491 e. The molecule has 2 aromatic rings. The first-order chi connectivity index (χ1) is 11.6. The molecule has 0 aliphatic carbocycles. The number of carbonyl (C=O) groups excluding carboxylic acids is 1. The lowest BCUT2D eigenvalue weighted by molar-refractivity contribution is 0.146. The molecule has 2 N–H and O–H groups in total. The second-order valence-electron chi connectivity index (χ2n) is 4.92. The molecule has 0 spiro atoms. The maximum atomic E-state index is 11.9. The third kappa shape index (κ3) is 5.92. The Morgan fingerprint density at radius 3 is 2.54 bits per heavy atom. The van der Waals surface area contributed by atoms with Crippen molar-refractivity contribution in [3.8, 4) is 5.75 Å². The van der Waals surface area contributed by atoms with Crippen molar-refractivity contribution in [3.63, 3.8) is 0 Å². The van der Waals surface area contributed by atoms with E-state index >= 15 is 0 Å². The number of ether oxygens (including phenoxy) is 2. The van der Waals surface area contributed by atoms with Gasteiger partial charge in [0.1, 0.15) is 12.4 Å². The molecule has 0 fully saturated rings. The molecule has 0 unspecified atom stereocenters. The Labute approximate surface area is 150 Å². The van der Waals surface area contributed by atoms with Crippen LogP contribution in [0.3, 0.4) is 0 Å². The number of hydrogen-bond donors (Lipinski definition) is 2. The fourth-order valence-corrected chi connectivity index (χ4v) is 2.23. The first kappa shape index (κ1) is 18.4. The average Bonchev–Trinajstić information content (AvgIpc) is 2.58. The number of halogens is 2. The van der Waals surface area contributed by atoms with Crippen LogP contribution in [-0.4, -0.2) is 26.4 Å². The molecule has 0 saturated carbocycles. The lowest BCUT2D eigenvalue weighted by Crippen LogP contribution is -2.28. The monoisotopic (exact) mass is 368 g/mol. The van der Waals surface area contributed by atoms with Crippen molar-refractivity contribution in [1.82, 2.24) is 5.32 Å². The third-order valence-corrected chi connectivity index (χ3v) is 3.67. The number of methoxy groups -OCH3 is 1. The molecular weight excluding hydrogens is 351 g/mol. The van der Waals surface area contributed by atoms with Crippen molar-refractivity contribution in [1.29, 1.82) is 0 Å². The van der Waals surface area contributed by atoms with Crippen LogP contribution in [0.25, 0.3) is 0 Å². The molecule has 0 aliphatic heterocycles. The maximum absolute atomic E-state index is 11.9. The summed E-state index contributed by atoms with van der Waals surface area (Å²) in [5.41, 5.74) is 1.41. The summed E-state index contributed by atoms with van der Waals surface area (Å²) in [6, 6.07) is 12.0. The van der Waals surface area contributed by atoms with Gasteiger partial charge in [-0.1, -0.05) is 35.3 Å². The standard InChI is InChI=1S/C17H18Cl2N2O3/c1-23-8-9-24-14-5-2-12(3-6-14)11-20-17(22)21-16-10-13(18)4-7-15(16)19/h2-7,10H,8-9,11H2,1H3,(H2,20,21,22). The highest BCUT2D eigenvalue weighted by Gasteiger charge is 2.06. The summed E-state index contributed by atoms with van der Waals surface area (Å²) in [5.74, 6) is 0.756. The summed E-state index contributed by atoms with van der Waals surface area (Å²) in [5, 5.41) is 6.34. The highest BCUT2D eigenvalue weighted by Crippen LogP contribution is 2.25. The van der Waals surface area contributed by atoms with E-state index in [9.17, 15) is 4.79 Å². The quantitative estimate of drug-likeness (QED) is 0.714. The molecule has 24 heavy (non-hydrogen) atoms. The van der Waals surface area contributed by atoms with Crippen molar-refractivity contribution in [2.45, 2.75) is 6.54 Å². The van der Waals surface area contributed by atoms with E-state index in [0.717, 1.165) is 11.3 Å². The van der Waals surface area contributed by atoms with Crippen molar-refractivity contribution < 1.29 is 14.3 Å². The van der Waals surface area contributed by atoms with Crippen LogP contribution in [0, 0.1) is 0 Å². The Bertz CT molecular complexity index is 678. The zero-order valence-electron chi connectivity index (χ0n) is 13.1. The highest BCUT2D eigenvalue weighted by atomic mass is 35.5. The minimum atomic E-state index is -0.361. The first-order valence-corrected chi connectivity index (χ1v) is 8.04. The summed E-state index contributed by atoms with van der Waals surface area (Å²) < 4.78 is 10.4. The number of urea groups is 1. The Kier molecular flexibility index (Phi) is 7.18. The van der Waals surface area contributed by atoms with Crippen LogP contribution in [0.15, 0.2) is 42.5 Å². The Morgan fingerprint density at radius 1 is 1.08 bits per heavy atom. The zero-order chi connectivity index (χ0) is 17.4. The van der Waals surface area contributed by atoms with Gasteiger partial charge in [0.05, 0.1) is 17.3 Å². The van der Waals surface area contributed by atoms with E-state index in [4.69, 9.17) is 32.7 Å². The Hall–Kier alpha value is -1.95. The highest BCUT2D eigenvalue weighted by molar-refractivity contribution is 6.35. The molecule has 0 radical (unpaired) electrons. The number of amides is 2. The molecule has 5 nitrogen and oxygen atoms in total. The number of anilines is 1. The van der Waals surface area contributed by atoms with Crippen LogP contribution in [-0.2, 0) is 11.3 Å². The molecule has 2 rings (SSSR count). The van der Waals surface area contributed by atoms with E-state index in [0.29, 0.717) is 35.5 Å². The SMILES string of the molecule is COCCOc1ccc(CNC(=O)Nc2cc(Cl)ccc2Cl)cc1. The Morgan fingerprint density at radius 2 is 1.83 bits per heavy atom. The third-order valence-electron chi connectivity index (χ3n) is 3.11. The molecule has 128 valence electrons. The van der Waals surface area contributed by atoms with Crippen molar-refractivity contribution in [3.05, 3.63) is 58.1 Å². The summed E-state index contributed by atoms with van der Waals surface area (Å²) in [6.07, 6.45) is 0. The van der Waals surface area contributed by atoms with Crippen LogP contribution in [0.4, 0.5) is 10.5 Å². The van der Waals surface area contributed by atoms with E-state index in [1.807, 2.05) is 24.3 Å². The topological polar surface area (TPSA) is 59.6 Å². The van der Waals surface area contributed by atoms with Gasteiger partial charge in [-0.3, -0.25) is 0 Å². The number of rotatable bonds is 7. The van der Waals surface area contributed by atoms with Crippen LogP contribution >= 0.6 is 23.2 Å². The lowest BCUT2D eigenvalue weighted by atomic mass is 10.2. The average molecular weight is 369 g/mol. The summed E-state index contributed by atoms with van der Waals surface area (Å²) in [7, 11) is 1.62. The second-order valence-corrected chi connectivity index (χ2v) is 5.76. The van der Waals surface area contributed by atoms with E-state index in [-0.39, 0.29) is 6.03 Å². The van der Waals surface area contributed by atoms with Gasteiger partial charge in [-0.15, -0.1) is 0 Å². The van der Waals surface area contributed by atoms with E-state index in [1.54, 1.807) is 25.3 Å². The van der Waals surface area contributed by atoms with Gasteiger partial charge in [0.25, 0.3) is 0 Å². The summed E-state index contributed by atoms with van der Waals surface area (Å²) in [6.45, 7) is 1.41. The molecule has 2 amide bonds. The van der Waals surface area contributed by atoms with Crippen molar-refractivity contribution in [2.75, 3.05) is 25.6 Å². The fraction of sp³-hybridized carbons (Fsp3) is 0.235. The molecular formula is C17H18Cl2N2O3. The largest absolute Gasteiger partial charge is 0.491 e. The molecule has 0 saturated heterocycles. The van der Waals surface area contributed by atoms with E-state index in [2.05, 4.69) is 10.6 Å².